The van der Waals surface area contributed by atoms with E-state index in [1.807, 2.05) is 12.1 Å². The monoisotopic (exact) mass is 325 g/mol. The maximum atomic E-state index is 12.9. The normalized spacial score (nSPS) is 29.4. The molecule has 0 spiro atoms. The van der Waals surface area contributed by atoms with Crippen molar-refractivity contribution >= 4 is 16.9 Å². The molecule has 3 atom stereocenters. The van der Waals surface area contributed by atoms with E-state index < -0.39 is 0 Å². The van der Waals surface area contributed by atoms with Gasteiger partial charge >= 0.3 is 0 Å². The zero-order valence-corrected chi connectivity index (χ0v) is 14.0. The first-order valence-electron chi connectivity index (χ1n) is 9.10. The lowest BCUT2D eigenvalue weighted by Crippen LogP contribution is -2.56. The van der Waals surface area contributed by atoms with Gasteiger partial charge in [-0.25, -0.2) is 0 Å². The van der Waals surface area contributed by atoms with Gasteiger partial charge in [0.2, 0.25) is 5.91 Å². The highest BCUT2D eigenvalue weighted by Gasteiger charge is 2.46. The molecular weight excluding hydrogens is 302 g/mol. The van der Waals surface area contributed by atoms with E-state index in [1.165, 1.54) is 17.4 Å². The van der Waals surface area contributed by atoms with Crippen molar-refractivity contribution in [1.29, 1.82) is 0 Å². The molecule has 4 nitrogen and oxygen atoms in total. The summed E-state index contributed by atoms with van der Waals surface area (Å²) in [4.78, 5) is 15.0. The number of methoxy groups -OCH3 is 1. The van der Waals surface area contributed by atoms with Gasteiger partial charge in [0.15, 0.2) is 0 Å². The summed E-state index contributed by atoms with van der Waals surface area (Å²) < 4.78 is 12.0. The molecule has 2 bridgehead atoms. The summed E-state index contributed by atoms with van der Waals surface area (Å²) in [5.74, 6) is 1.96. The van der Waals surface area contributed by atoms with Crippen LogP contribution in [0.1, 0.15) is 42.9 Å². The molecule has 24 heavy (non-hydrogen) atoms. The predicted molar refractivity (Wildman–Crippen MR) is 90.9 cm³/mol. The average Bonchev–Trinajstić information content (AvgIpc) is 2.92. The number of likely N-dealkylation sites (tertiary alicyclic amines) is 1. The van der Waals surface area contributed by atoms with E-state index in [-0.39, 0.29) is 17.9 Å². The smallest absolute Gasteiger partial charge is 0.226 e. The third-order valence-corrected chi connectivity index (χ3v) is 6.34. The van der Waals surface area contributed by atoms with Crippen LogP contribution in [0.4, 0.5) is 0 Å². The highest BCUT2D eigenvalue weighted by atomic mass is 16.5. The number of hydrogen-bond donors (Lipinski definition) is 0. The van der Waals surface area contributed by atoms with E-state index in [1.54, 1.807) is 7.11 Å². The quantitative estimate of drug-likeness (QED) is 0.849. The number of carbonyl (C=O) groups is 1. The second-order valence-corrected chi connectivity index (χ2v) is 7.53. The van der Waals surface area contributed by atoms with Crippen LogP contribution in [0.15, 0.2) is 28.7 Å². The number of piperidine rings is 1. The minimum atomic E-state index is 0.0323. The van der Waals surface area contributed by atoms with Crippen LogP contribution in [0.3, 0.4) is 0 Å². The number of nitrogens with zero attached hydrogens (tertiary/aromatic N) is 1. The number of carbonyl (C=O) groups excluding carboxylic acids is 1. The number of rotatable bonds is 2. The molecule has 2 aromatic rings. The fourth-order valence-corrected chi connectivity index (χ4v) is 4.77. The minimum Gasteiger partial charge on any atom is -0.460 e. The Labute approximate surface area is 141 Å². The molecule has 2 aliphatic carbocycles. The zero-order chi connectivity index (χ0) is 16.3. The Kier molecular flexibility index (Phi) is 3.24. The van der Waals surface area contributed by atoms with Crippen LogP contribution in [0, 0.1) is 5.92 Å². The molecule has 1 saturated heterocycles. The molecule has 0 N–H and O–H groups in total. The number of para-hydroxylation sites is 1. The maximum absolute atomic E-state index is 12.9. The molecule has 5 rings (SSSR count). The van der Waals surface area contributed by atoms with Gasteiger partial charge in [-0.2, -0.15) is 0 Å². The first-order chi connectivity index (χ1) is 11.8. The van der Waals surface area contributed by atoms with Crippen LogP contribution in [-0.4, -0.2) is 36.6 Å². The van der Waals surface area contributed by atoms with Crippen LogP contribution in [-0.2, 0) is 16.0 Å². The summed E-state index contributed by atoms with van der Waals surface area (Å²) in [6.45, 7) is 0.706. The van der Waals surface area contributed by atoms with Gasteiger partial charge < -0.3 is 14.1 Å². The number of furan rings is 1. The molecule has 1 saturated carbocycles. The molecule has 126 valence electrons. The Morgan fingerprint density at radius 2 is 2.12 bits per heavy atom. The van der Waals surface area contributed by atoms with Crippen molar-refractivity contribution in [3.8, 4) is 0 Å². The third-order valence-electron chi connectivity index (χ3n) is 6.34. The van der Waals surface area contributed by atoms with Crippen LogP contribution < -0.4 is 0 Å². The second kappa shape index (κ2) is 5.35. The van der Waals surface area contributed by atoms with Crippen molar-refractivity contribution < 1.29 is 13.9 Å². The van der Waals surface area contributed by atoms with Gasteiger partial charge in [-0.1, -0.05) is 24.6 Å². The summed E-state index contributed by atoms with van der Waals surface area (Å²) >= 11 is 0. The summed E-state index contributed by atoms with van der Waals surface area (Å²) in [7, 11) is 1.76. The summed E-state index contributed by atoms with van der Waals surface area (Å²) in [5.41, 5.74) is 2.25. The Morgan fingerprint density at radius 1 is 1.29 bits per heavy atom. The van der Waals surface area contributed by atoms with Gasteiger partial charge in [0.25, 0.3) is 0 Å². The van der Waals surface area contributed by atoms with Gasteiger partial charge in [-0.3, -0.25) is 4.79 Å². The second-order valence-electron chi connectivity index (χ2n) is 7.53. The van der Waals surface area contributed by atoms with Gasteiger partial charge in [0.1, 0.15) is 11.3 Å². The van der Waals surface area contributed by atoms with Gasteiger partial charge in [0, 0.05) is 42.5 Å². The molecule has 1 aromatic carbocycles. The van der Waals surface area contributed by atoms with Crippen LogP contribution in [0.25, 0.3) is 11.0 Å². The standard InChI is InChI=1S/C20H23NO3/c1-23-18-11-21(20(22)12-5-4-6-12)13-9-15-14-7-2-3-8-17(14)24-19(15)16(18)10-13/h2-3,7-8,12-13,16,18H,4-6,9-11H2,1H3/t13-,16+,18-/m0/s1. The SMILES string of the molecule is CO[C@H]1CN(C(=O)C2CCC2)[C@H]2Cc3c(oc4ccccc34)[C@@H]1C2. The van der Waals surface area contributed by atoms with Crippen LogP contribution in [0.5, 0.6) is 0 Å². The summed E-state index contributed by atoms with van der Waals surface area (Å²) in [6.07, 6.45) is 5.22. The average molecular weight is 325 g/mol. The highest BCUT2D eigenvalue weighted by Crippen LogP contribution is 2.45. The lowest BCUT2D eigenvalue weighted by molar-refractivity contribution is -0.147. The van der Waals surface area contributed by atoms with Gasteiger partial charge in [0.05, 0.1) is 6.10 Å². The molecule has 0 unspecified atom stereocenters. The highest BCUT2D eigenvalue weighted by molar-refractivity contribution is 5.84. The third kappa shape index (κ3) is 1.99. The molecule has 4 heteroatoms. The van der Waals surface area contributed by atoms with Crippen molar-refractivity contribution in [2.45, 2.75) is 50.2 Å². The predicted octanol–water partition coefficient (Wildman–Crippen LogP) is 3.49. The fourth-order valence-electron chi connectivity index (χ4n) is 4.77. The lowest BCUT2D eigenvalue weighted by atomic mass is 9.75. The van der Waals surface area contributed by atoms with Crippen molar-refractivity contribution in [1.82, 2.24) is 4.90 Å². The van der Waals surface area contributed by atoms with E-state index in [9.17, 15) is 4.79 Å². The van der Waals surface area contributed by atoms with E-state index in [2.05, 4.69) is 17.0 Å². The van der Waals surface area contributed by atoms with Crippen molar-refractivity contribution in [2.24, 2.45) is 5.92 Å². The number of hydrogen-bond acceptors (Lipinski definition) is 3. The zero-order valence-electron chi connectivity index (χ0n) is 14.0. The topological polar surface area (TPSA) is 42.7 Å². The molecule has 1 aromatic heterocycles. The Bertz CT molecular complexity index is 791. The number of ether oxygens (including phenoxy) is 1. The number of fused-ring (bicyclic) bond motifs is 6. The molecule has 0 radical (unpaired) electrons. The fraction of sp³-hybridized carbons (Fsp3) is 0.550. The van der Waals surface area contributed by atoms with E-state index in [0.29, 0.717) is 18.5 Å². The molecule has 2 heterocycles. The summed E-state index contributed by atoms with van der Waals surface area (Å²) in [6, 6.07) is 8.55. The van der Waals surface area contributed by atoms with Crippen molar-refractivity contribution in [3.05, 3.63) is 35.6 Å². The minimum absolute atomic E-state index is 0.0323. The largest absolute Gasteiger partial charge is 0.460 e. The Morgan fingerprint density at radius 3 is 2.88 bits per heavy atom. The van der Waals surface area contributed by atoms with Crippen LogP contribution >= 0.6 is 0 Å². The molecular formula is C20H23NO3. The number of benzene rings is 1. The first-order valence-corrected chi connectivity index (χ1v) is 9.10. The van der Waals surface area contributed by atoms with Crippen molar-refractivity contribution in [2.75, 3.05) is 13.7 Å². The molecule has 1 amide bonds. The number of amides is 1. The van der Waals surface area contributed by atoms with E-state index in [0.717, 1.165) is 37.0 Å². The summed E-state index contributed by atoms with van der Waals surface area (Å²) in [5, 5.41) is 1.20. The van der Waals surface area contributed by atoms with E-state index >= 15 is 0 Å². The Balaban J connectivity index is 1.56. The first kappa shape index (κ1) is 14.5. The molecule has 3 aliphatic rings. The Hall–Kier alpha value is -1.81. The van der Waals surface area contributed by atoms with E-state index in [4.69, 9.17) is 9.15 Å². The van der Waals surface area contributed by atoms with Crippen LogP contribution in [0.2, 0.25) is 0 Å². The molecule has 1 aliphatic heterocycles. The van der Waals surface area contributed by atoms with Gasteiger partial charge in [-0.15, -0.1) is 0 Å². The van der Waals surface area contributed by atoms with Crippen molar-refractivity contribution in [3.63, 3.8) is 0 Å². The maximum Gasteiger partial charge on any atom is 0.226 e. The molecule has 2 fully saturated rings. The lowest BCUT2D eigenvalue weighted by Gasteiger charge is -2.47. The van der Waals surface area contributed by atoms with Gasteiger partial charge in [-0.05, 0) is 31.7 Å².